The second kappa shape index (κ2) is 5.86. The lowest BCUT2D eigenvalue weighted by atomic mass is 10.3. The van der Waals surface area contributed by atoms with Crippen molar-refractivity contribution in [2.75, 3.05) is 0 Å². The van der Waals surface area contributed by atoms with Crippen LogP contribution in [-0.4, -0.2) is 17.0 Å². The van der Waals surface area contributed by atoms with Crippen LogP contribution in [0.4, 0.5) is 0 Å². The Balaban J connectivity index is 2.83. The zero-order valence-corrected chi connectivity index (χ0v) is 10.2. The maximum absolute atomic E-state index is 11.3. The molecule has 1 N–H and O–H groups in total. The fourth-order valence-corrected chi connectivity index (χ4v) is 1.04. The average molecular weight is 250 g/mol. The zero-order chi connectivity index (χ0) is 13.7. The molecule has 0 spiro atoms. The van der Waals surface area contributed by atoms with Crippen molar-refractivity contribution in [2.45, 2.75) is 20.3 Å². The van der Waals surface area contributed by atoms with Gasteiger partial charge in [0.2, 0.25) is 0 Å². The van der Waals surface area contributed by atoms with Crippen LogP contribution in [0.3, 0.4) is 0 Å². The first-order valence-electron chi connectivity index (χ1n) is 5.35. The number of hydrogen-bond acceptors (Lipinski definition) is 5. The fraction of sp³-hybridized carbons (Fsp3) is 0.231. The topological polar surface area (TPSA) is 72.8 Å². The number of carbonyl (C=O) groups excluding carboxylic acids is 2. The van der Waals surface area contributed by atoms with Gasteiger partial charge in [-0.25, -0.2) is 4.79 Å². The van der Waals surface area contributed by atoms with E-state index in [4.69, 9.17) is 9.47 Å². The van der Waals surface area contributed by atoms with Crippen molar-refractivity contribution in [3.63, 3.8) is 0 Å². The van der Waals surface area contributed by atoms with E-state index in [2.05, 4.69) is 6.58 Å². The van der Waals surface area contributed by atoms with Crippen molar-refractivity contribution >= 4 is 11.9 Å². The number of carbonyl (C=O) groups is 2. The van der Waals surface area contributed by atoms with Crippen LogP contribution in [0, 0.1) is 0 Å². The molecule has 0 bridgehead atoms. The molecule has 0 aromatic heterocycles. The Hall–Kier alpha value is -2.30. The molecule has 0 saturated carbocycles. The minimum Gasteiger partial charge on any atom is -0.504 e. The molecular weight excluding hydrogens is 236 g/mol. The van der Waals surface area contributed by atoms with Crippen LogP contribution in [0.1, 0.15) is 20.3 Å². The normalized spacial score (nSPS) is 9.67. The van der Waals surface area contributed by atoms with Gasteiger partial charge in [-0.2, -0.15) is 0 Å². The quantitative estimate of drug-likeness (QED) is 0.503. The molecule has 0 amide bonds. The van der Waals surface area contributed by atoms with E-state index in [1.54, 1.807) is 6.92 Å². The number of benzene rings is 1. The number of aromatic hydroxyl groups is 1. The zero-order valence-electron chi connectivity index (χ0n) is 10.2. The molecule has 1 aromatic rings. The predicted octanol–water partition coefficient (Wildman–Crippen LogP) is 2.19. The van der Waals surface area contributed by atoms with Crippen molar-refractivity contribution in [1.82, 2.24) is 0 Å². The summed E-state index contributed by atoms with van der Waals surface area (Å²) in [5.74, 6) is -1.16. The molecule has 0 heterocycles. The molecule has 0 unspecified atom stereocenters. The van der Waals surface area contributed by atoms with Gasteiger partial charge >= 0.3 is 11.9 Å². The molecule has 0 aliphatic carbocycles. The van der Waals surface area contributed by atoms with E-state index in [1.165, 1.54) is 25.1 Å². The van der Waals surface area contributed by atoms with Gasteiger partial charge in [0.15, 0.2) is 11.5 Å². The number of phenolic OH excluding ortho intramolecular Hbond substituents is 1. The summed E-state index contributed by atoms with van der Waals surface area (Å²) in [5, 5.41) is 9.61. The van der Waals surface area contributed by atoms with Crippen molar-refractivity contribution in [3.05, 3.63) is 30.4 Å². The molecule has 0 aliphatic rings. The minimum absolute atomic E-state index is 0.0145. The maximum Gasteiger partial charge on any atom is 0.338 e. The molecule has 0 saturated heterocycles. The Morgan fingerprint density at radius 3 is 2.50 bits per heavy atom. The lowest BCUT2D eigenvalue weighted by molar-refractivity contribution is -0.134. The molecule has 18 heavy (non-hydrogen) atoms. The number of ether oxygens (including phenoxy) is 2. The van der Waals surface area contributed by atoms with Gasteiger partial charge in [0, 0.05) is 18.1 Å². The third kappa shape index (κ3) is 3.62. The SMILES string of the molecule is C=C(C)C(=O)Oc1ccc(OC(=O)CC)cc1O. The predicted molar refractivity (Wildman–Crippen MR) is 64.5 cm³/mol. The number of phenols is 1. The second-order valence-electron chi connectivity index (χ2n) is 3.63. The summed E-state index contributed by atoms with van der Waals surface area (Å²) in [6.07, 6.45) is 0.229. The van der Waals surface area contributed by atoms with Gasteiger partial charge in [-0.15, -0.1) is 0 Å². The molecule has 0 aliphatic heterocycles. The van der Waals surface area contributed by atoms with Crippen molar-refractivity contribution in [1.29, 1.82) is 0 Å². The number of rotatable bonds is 4. The summed E-state index contributed by atoms with van der Waals surface area (Å²) >= 11 is 0. The standard InChI is InChI=1S/C13H14O5/c1-4-12(15)17-9-5-6-11(10(14)7-9)18-13(16)8(2)3/h5-7,14H,2,4H2,1,3H3. The highest BCUT2D eigenvalue weighted by Gasteiger charge is 2.11. The second-order valence-corrected chi connectivity index (χ2v) is 3.63. The number of hydrogen-bond donors (Lipinski definition) is 1. The summed E-state index contributed by atoms with van der Waals surface area (Å²) in [4.78, 5) is 22.3. The highest BCUT2D eigenvalue weighted by molar-refractivity contribution is 5.89. The highest BCUT2D eigenvalue weighted by Crippen LogP contribution is 2.30. The van der Waals surface area contributed by atoms with Crippen LogP contribution in [0.2, 0.25) is 0 Å². The molecule has 0 fully saturated rings. The van der Waals surface area contributed by atoms with Gasteiger partial charge in [-0.3, -0.25) is 4.79 Å². The van der Waals surface area contributed by atoms with E-state index in [-0.39, 0.29) is 29.2 Å². The molecule has 96 valence electrons. The minimum atomic E-state index is -0.636. The van der Waals surface area contributed by atoms with Crippen molar-refractivity contribution in [2.24, 2.45) is 0 Å². The van der Waals surface area contributed by atoms with E-state index in [9.17, 15) is 14.7 Å². The molecule has 5 nitrogen and oxygen atoms in total. The highest BCUT2D eigenvalue weighted by atomic mass is 16.5. The van der Waals surface area contributed by atoms with Gasteiger partial charge in [-0.1, -0.05) is 13.5 Å². The lowest BCUT2D eigenvalue weighted by Crippen LogP contribution is -2.09. The van der Waals surface area contributed by atoms with Crippen LogP contribution < -0.4 is 9.47 Å². The molecule has 1 rings (SSSR count). The smallest absolute Gasteiger partial charge is 0.338 e. The molecular formula is C13H14O5. The first-order chi connectivity index (χ1) is 8.43. The third-order valence-corrected chi connectivity index (χ3v) is 2.00. The van der Waals surface area contributed by atoms with Crippen LogP contribution >= 0.6 is 0 Å². The Bertz CT molecular complexity index is 490. The molecule has 5 heteroatoms. The van der Waals surface area contributed by atoms with E-state index < -0.39 is 11.9 Å². The molecule has 0 atom stereocenters. The summed E-state index contributed by atoms with van der Waals surface area (Å²) in [7, 11) is 0. The summed E-state index contributed by atoms with van der Waals surface area (Å²) in [6.45, 7) is 6.58. The van der Waals surface area contributed by atoms with E-state index >= 15 is 0 Å². The van der Waals surface area contributed by atoms with Crippen LogP contribution in [0.5, 0.6) is 17.2 Å². The van der Waals surface area contributed by atoms with Crippen LogP contribution in [0.25, 0.3) is 0 Å². The van der Waals surface area contributed by atoms with Crippen LogP contribution in [0.15, 0.2) is 30.4 Å². The van der Waals surface area contributed by atoms with E-state index in [1.807, 2.05) is 0 Å². The first kappa shape index (κ1) is 13.8. The largest absolute Gasteiger partial charge is 0.504 e. The number of esters is 2. The fourth-order valence-electron chi connectivity index (χ4n) is 1.04. The van der Waals surface area contributed by atoms with Crippen molar-refractivity contribution in [3.8, 4) is 17.2 Å². The van der Waals surface area contributed by atoms with E-state index in [0.717, 1.165) is 0 Å². The van der Waals surface area contributed by atoms with Gasteiger partial charge in [0.25, 0.3) is 0 Å². The van der Waals surface area contributed by atoms with Crippen LogP contribution in [-0.2, 0) is 9.59 Å². The Morgan fingerprint density at radius 1 is 1.33 bits per heavy atom. The Labute approximate surface area is 105 Å². The van der Waals surface area contributed by atoms with Crippen molar-refractivity contribution < 1.29 is 24.2 Å². The lowest BCUT2D eigenvalue weighted by Gasteiger charge is -2.08. The summed E-state index contributed by atoms with van der Waals surface area (Å²) in [5.41, 5.74) is 0.218. The van der Waals surface area contributed by atoms with Gasteiger partial charge in [0.1, 0.15) is 5.75 Å². The molecule has 1 aromatic carbocycles. The monoisotopic (exact) mass is 250 g/mol. The molecule has 0 radical (unpaired) electrons. The van der Waals surface area contributed by atoms with Gasteiger partial charge in [-0.05, 0) is 19.1 Å². The Kier molecular flexibility index (Phi) is 4.48. The maximum atomic E-state index is 11.3. The third-order valence-electron chi connectivity index (χ3n) is 2.00. The Morgan fingerprint density at radius 2 is 2.00 bits per heavy atom. The van der Waals surface area contributed by atoms with E-state index in [0.29, 0.717) is 0 Å². The first-order valence-corrected chi connectivity index (χ1v) is 5.35. The van der Waals surface area contributed by atoms with Gasteiger partial charge in [0.05, 0.1) is 0 Å². The summed E-state index contributed by atoms with van der Waals surface area (Å²) in [6, 6.07) is 3.97. The average Bonchev–Trinajstić information content (AvgIpc) is 2.32. The summed E-state index contributed by atoms with van der Waals surface area (Å²) < 4.78 is 9.76. The van der Waals surface area contributed by atoms with Gasteiger partial charge < -0.3 is 14.6 Å².